The second-order valence-electron chi connectivity index (χ2n) is 1.63. The van der Waals surface area contributed by atoms with Crippen molar-refractivity contribution in [2.75, 3.05) is 0 Å². The minimum atomic E-state index is 0.215. The summed E-state index contributed by atoms with van der Waals surface area (Å²) in [5.41, 5.74) is 0.534. The predicted octanol–water partition coefficient (Wildman–Crippen LogP) is 1.20. The number of hydrogen-bond donors (Lipinski definition) is 0. The fourth-order valence-corrected chi connectivity index (χ4v) is 0.715. The predicted molar refractivity (Wildman–Crippen MR) is 36.4 cm³/mol. The first-order chi connectivity index (χ1) is 4.84. The molecule has 0 spiro atoms. The fourth-order valence-electron chi connectivity index (χ4n) is 0.543. The van der Waals surface area contributed by atoms with Crippen LogP contribution in [0.25, 0.3) is 0 Å². The lowest BCUT2D eigenvalue weighted by Crippen LogP contribution is -1.89. The molecule has 1 aromatic heterocycles. The maximum absolute atomic E-state index is 8.27. The van der Waals surface area contributed by atoms with Crippen LogP contribution >= 0.6 is 11.6 Å². The molecule has 50 valence electrons. The highest BCUT2D eigenvalue weighted by molar-refractivity contribution is 6.30. The van der Waals surface area contributed by atoms with Gasteiger partial charge in [0.15, 0.2) is 5.15 Å². The van der Waals surface area contributed by atoms with E-state index in [0.29, 0.717) is 10.8 Å². The lowest BCUT2D eigenvalue weighted by molar-refractivity contribution is 1.06. The molecule has 0 atom stereocenters. The van der Waals surface area contributed by atoms with Gasteiger partial charge in [0.05, 0.1) is 18.2 Å². The quantitative estimate of drug-likeness (QED) is 0.609. The lowest BCUT2D eigenvalue weighted by atomic mass is 10.3. The van der Waals surface area contributed by atoms with E-state index in [2.05, 4.69) is 9.97 Å². The van der Waals surface area contributed by atoms with Crippen molar-refractivity contribution >= 4 is 11.6 Å². The summed E-state index contributed by atoms with van der Waals surface area (Å²) in [5.74, 6) is 0. The van der Waals surface area contributed by atoms with Crippen LogP contribution in [-0.2, 0) is 6.42 Å². The zero-order chi connectivity index (χ0) is 7.40. The summed E-state index contributed by atoms with van der Waals surface area (Å²) < 4.78 is 0. The van der Waals surface area contributed by atoms with Crippen molar-refractivity contribution in [3.63, 3.8) is 0 Å². The molecule has 0 aromatic carbocycles. The van der Waals surface area contributed by atoms with E-state index in [1.54, 1.807) is 0 Å². The van der Waals surface area contributed by atoms with Crippen molar-refractivity contribution in [3.8, 4) is 6.07 Å². The maximum Gasteiger partial charge on any atom is 0.151 e. The van der Waals surface area contributed by atoms with E-state index in [9.17, 15) is 0 Å². The van der Waals surface area contributed by atoms with Crippen molar-refractivity contribution in [2.45, 2.75) is 6.42 Å². The second-order valence-corrected chi connectivity index (χ2v) is 1.99. The van der Waals surface area contributed by atoms with E-state index in [4.69, 9.17) is 16.9 Å². The van der Waals surface area contributed by atoms with Gasteiger partial charge in [0.25, 0.3) is 0 Å². The SMILES string of the molecule is N#CCc1nccnc1Cl. The molecule has 0 aliphatic carbocycles. The van der Waals surface area contributed by atoms with Crippen LogP contribution in [0.1, 0.15) is 5.69 Å². The molecule has 0 fully saturated rings. The van der Waals surface area contributed by atoms with Crippen LogP contribution < -0.4 is 0 Å². The first kappa shape index (κ1) is 6.97. The summed E-state index contributed by atoms with van der Waals surface area (Å²) >= 11 is 5.58. The summed E-state index contributed by atoms with van der Waals surface area (Å²) in [7, 11) is 0. The van der Waals surface area contributed by atoms with Gasteiger partial charge in [-0.1, -0.05) is 11.6 Å². The van der Waals surface area contributed by atoms with Crippen molar-refractivity contribution in [1.29, 1.82) is 5.26 Å². The molecular formula is C6H4ClN3. The maximum atomic E-state index is 8.27. The average Bonchev–Trinajstić information content (AvgIpc) is 1.94. The summed E-state index contributed by atoms with van der Waals surface area (Å²) in [6.45, 7) is 0. The van der Waals surface area contributed by atoms with Gasteiger partial charge in [-0.3, -0.25) is 4.98 Å². The first-order valence-electron chi connectivity index (χ1n) is 2.67. The fraction of sp³-hybridized carbons (Fsp3) is 0.167. The van der Waals surface area contributed by atoms with Crippen LogP contribution in [0.15, 0.2) is 12.4 Å². The van der Waals surface area contributed by atoms with Crippen LogP contribution in [0.2, 0.25) is 5.15 Å². The van der Waals surface area contributed by atoms with Gasteiger partial charge >= 0.3 is 0 Å². The number of aromatic nitrogens is 2. The third-order valence-electron chi connectivity index (χ3n) is 0.970. The van der Waals surface area contributed by atoms with Gasteiger partial charge in [0.1, 0.15) is 0 Å². The van der Waals surface area contributed by atoms with Gasteiger partial charge in [-0.2, -0.15) is 5.26 Å². The van der Waals surface area contributed by atoms with E-state index in [-0.39, 0.29) is 6.42 Å². The third-order valence-corrected chi connectivity index (χ3v) is 1.29. The molecule has 0 unspecified atom stereocenters. The van der Waals surface area contributed by atoms with Gasteiger partial charge < -0.3 is 0 Å². The van der Waals surface area contributed by atoms with Crippen LogP contribution in [0, 0.1) is 11.3 Å². The average molecular weight is 154 g/mol. The Morgan fingerprint density at radius 1 is 1.50 bits per heavy atom. The number of hydrogen-bond acceptors (Lipinski definition) is 3. The standard InChI is InChI=1S/C6H4ClN3/c7-6-5(1-2-8)9-3-4-10-6/h3-4H,1H2. The Balaban J connectivity index is 2.94. The van der Waals surface area contributed by atoms with Gasteiger partial charge in [0, 0.05) is 12.4 Å². The number of halogens is 1. The Bertz CT molecular complexity index is 266. The first-order valence-corrected chi connectivity index (χ1v) is 3.04. The molecule has 3 nitrogen and oxygen atoms in total. The van der Waals surface area contributed by atoms with Gasteiger partial charge in [-0.05, 0) is 0 Å². The van der Waals surface area contributed by atoms with E-state index in [0.717, 1.165) is 0 Å². The largest absolute Gasteiger partial charge is 0.255 e. The second kappa shape index (κ2) is 3.14. The zero-order valence-corrected chi connectivity index (χ0v) is 5.84. The highest BCUT2D eigenvalue weighted by Gasteiger charge is 1.98. The molecule has 0 N–H and O–H groups in total. The normalized spacial score (nSPS) is 8.80. The third kappa shape index (κ3) is 1.42. The van der Waals surface area contributed by atoms with Crippen LogP contribution in [0.3, 0.4) is 0 Å². The van der Waals surface area contributed by atoms with Crippen LogP contribution in [0.4, 0.5) is 0 Å². The topological polar surface area (TPSA) is 49.6 Å². The Hall–Kier alpha value is -1.14. The molecule has 4 heteroatoms. The number of nitriles is 1. The zero-order valence-electron chi connectivity index (χ0n) is 5.08. The smallest absolute Gasteiger partial charge is 0.151 e. The molecule has 0 aliphatic rings. The molecule has 0 bridgehead atoms. The van der Waals surface area contributed by atoms with Crippen LogP contribution in [-0.4, -0.2) is 9.97 Å². The summed E-state index contributed by atoms with van der Waals surface area (Å²) in [6, 6.07) is 1.94. The molecule has 1 heterocycles. The Labute approximate surface area is 63.3 Å². The number of rotatable bonds is 1. The molecule has 0 saturated carbocycles. The van der Waals surface area contributed by atoms with E-state index < -0.39 is 0 Å². The van der Waals surface area contributed by atoms with Crippen molar-refractivity contribution in [1.82, 2.24) is 9.97 Å². The Morgan fingerprint density at radius 3 is 2.80 bits per heavy atom. The van der Waals surface area contributed by atoms with E-state index in [1.807, 2.05) is 6.07 Å². The van der Waals surface area contributed by atoms with Gasteiger partial charge in [-0.15, -0.1) is 0 Å². The highest BCUT2D eigenvalue weighted by atomic mass is 35.5. The van der Waals surface area contributed by atoms with Gasteiger partial charge in [-0.25, -0.2) is 4.98 Å². The minimum absolute atomic E-state index is 0.215. The summed E-state index contributed by atoms with van der Waals surface area (Å²) in [5, 5.41) is 8.58. The van der Waals surface area contributed by atoms with Gasteiger partial charge in [0.2, 0.25) is 0 Å². The van der Waals surface area contributed by atoms with Crippen molar-refractivity contribution in [2.24, 2.45) is 0 Å². The summed E-state index contributed by atoms with van der Waals surface area (Å²) in [4.78, 5) is 7.60. The Kier molecular flexibility index (Phi) is 2.19. The molecule has 10 heavy (non-hydrogen) atoms. The molecule has 0 amide bonds. The van der Waals surface area contributed by atoms with Crippen molar-refractivity contribution in [3.05, 3.63) is 23.2 Å². The molecule has 0 aliphatic heterocycles. The Morgan fingerprint density at radius 2 is 2.20 bits per heavy atom. The van der Waals surface area contributed by atoms with E-state index >= 15 is 0 Å². The van der Waals surface area contributed by atoms with Crippen LogP contribution in [0.5, 0.6) is 0 Å². The molecular weight excluding hydrogens is 150 g/mol. The number of nitrogens with zero attached hydrogens (tertiary/aromatic N) is 3. The van der Waals surface area contributed by atoms with E-state index in [1.165, 1.54) is 12.4 Å². The monoisotopic (exact) mass is 153 g/mol. The summed E-state index contributed by atoms with van der Waals surface area (Å²) in [6.07, 6.45) is 3.22. The molecule has 0 radical (unpaired) electrons. The van der Waals surface area contributed by atoms with Crippen molar-refractivity contribution < 1.29 is 0 Å². The molecule has 1 rings (SSSR count). The molecule has 1 aromatic rings. The lowest BCUT2D eigenvalue weighted by Gasteiger charge is -1.92. The molecule has 0 saturated heterocycles. The minimum Gasteiger partial charge on any atom is -0.255 e. The highest BCUT2D eigenvalue weighted by Crippen LogP contribution is 2.07.